The van der Waals surface area contributed by atoms with Crippen molar-refractivity contribution in [3.63, 3.8) is 0 Å². The molecule has 0 spiro atoms. The number of ether oxygens (including phenoxy) is 1. The molecule has 2 aromatic rings. The third-order valence-corrected chi connectivity index (χ3v) is 2.85. The topological polar surface area (TPSA) is 51.6 Å². The van der Waals surface area contributed by atoms with Gasteiger partial charge in [-0.05, 0) is 32.0 Å². The van der Waals surface area contributed by atoms with Crippen molar-refractivity contribution < 1.29 is 9.15 Å². The molecule has 0 aliphatic carbocycles. The van der Waals surface area contributed by atoms with Crippen LogP contribution in [0.3, 0.4) is 0 Å². The molecule has 1 aromatic carbocycles. The molecule has 0 bridgehead atoms. The first-order valence-corrected chi connectivity index (χ1v) is 6.38. The second-order valence-corrected chi connectivity index (χ2v) is 4.56. The van der Waals surface area contributed by atoms with Crippen molar-refractivity contribution in [3.8, 4) is 5.75 Å². The minimum Gasteiger partial charge on any atom is -0.494 e. The minimum absolute atomic E-state index is 0.629. The van der Waals surface area contributed by atoms with Gasteiger partial charge in [-0.25, -0.2) is 0 Å². The molecule has 0 unspecified atom stereocenters. The molecular formula is C15H20N2O2. The van der Waals surface area contributed by atoms with Crippen LogP contribution >= 0.6 is 0 Å². The van der Waals surface area contributed by atoms with Gasteiger partial charge in [-0.3, -0.25) is 0 Å². The maximum atomic E-state index is 5.89. The van der Waals surface area contributed by atoms with Crippen molar-refractivity contribution in [2.24, 2.45) is 0 Å². The van der Waals surface area contributed by atoms with E-state index in [2.05, 4.69) is 4.90 Å². The lowest BCUT2D eigenvalue weighted by molar-refractivity contribution is 0.340. The van der Waals surface area contributed by atoms with E-state index in [0.717, 1.165) is 23.0 Å². The quantitative estimate of drug-likeness (QED) is 0.839. The Morgan fingerprint density at radius 3 is 2.68 bits per heavy atom. The van der Waals surface area contributed by atoms with E-state index < -0.39 is 0 Å². The lowest BCUT2D eigenvalue weighted by Crippen LogP contribution is -2.16. The van der Waals surface area contributed by atoms with Crippen molar-refractivity contribution in [1.82, 2.24) is 0 Å². The molecule has 2 rings (SSSR count). The summed E-state index contributed by atoms with van der Waals surface area (Å²) in [5.41, 5.74) is 7.60. The molecular weight excluding hydrogens is 240 g/mol. The highest BCUT2D eigenvalue weighted by Gasteiger charge is 2.07. The largest absolute Gasteiger partial charge is 0.494 e. The van der Waals surface area contributed by atoms with Crippen LogP contribution in [0.5, 0.6) is 5.75 Å². The van der Waals surface area contributed by atoms with E-state index in [1.54, 1.807) is 0 Å². The average Bonchev–Trinajstić information content (AvgIpc) is 2.74. The van der Waals surface area contributed by atoms with E-state index in [1.807, 2.05) is 51.2 Å². The molecule has 0 atom stereocenters. The SMILES string of the molecule is CCOc1cc(N)cc(N(C)Cc2ccc(C)o2)c1. The van der Waals surface area contributed by atoms with E-state index in [4.69, 9.17) is 14.9 Å². The van der Waals surface area contributed by atoms with Gasteiger partial charge in [0.2, 0.25) is 0 Å². The highest BCUT2D eigenvalue weighted by atomic mass is 16.5. The Bertz CT molecular complexity index is 549. The van der Waals surface area contributed by atoms with Crippen molar-refractivity contribution in [2.45, 2.75) is 20.4 Å². The summed E-state index contributed by atoms with van der Waals surface area (Å²) in [6.07, 6.45) is 0. The van der Waals surface area contributed by atoms with Crippen molar-refractivity contribution in [1.29, 1.82) is 0 Å². The van der Waals surface area contributed by atoms with Gasteiger partial charge in [0.25, 0.3) is 0 Å². The monoisotopic (exact) mass is 260 g/mol. The summed E-state index contributed by atoms with van der Waals surface area (Å²) in [6.45, 7) is 5.22. The highest BCUT2D eigenvalue weighted by Crippen LogP contribution is 2.26. The van der Waals surface area contributed by atoms with Crippen LogP contribution in [-0.4, -0.2) is 13.7 Å². The second kappa shape index (κ2) is 5.69. The number of aryl methyl sites for hydroxylation is 1. The zero-order chi connectivity index (χ0) is 13.8. The first-order chi connectivity index (χ1) is 9.08. The maximum Gasteiger partial charge on any atom is 0.123 e. The molecule has 0 radical (unpaired) electrons. The summed E-state index contributed by atoms with van der Waals surface area (Å²) in [5.74, 6) is 2.64. The van der Waals surface area contributed by atoms with Gasteiger partial charge in [-0.2, -0.15) is 0 Å². The molecule has 0 saturated heterocycles. The number of furan rings is 1. The Balaban J connectivity index is 2.15. The fraction of sp³-hybridized carbons (Fsp3) is 0.333. The molecule has 19 heavy (non-hydrogen) atoms. The van der Waals surface area contributed by atoms with Gasteiger partial charge in [0, 0.05) is 30.6 Å². The van der Waals surface area contributed by atoms with Crippen LogP contribution < -0.4 is 15.4 Å². The predicted octanol–water partition coefficient (Wildman–Crippen LogP) is 3.21. The number of nitrogen functional groups attached to an aromatic ring is 1. The van der Waals surface area contributed by atoms with Crippen LogP contribution in [0.2, 0.25) is 0 Å². The zero-order valence-corrected chi connectivity index (χ0v) is 11.6. The fourth-order valence-corrected chi connectivity index (χ4v) is 1.97. The van der Waals surface area contributed by atoms with Crippen LogP contribution in [-0.2, 0) is 6.54 Å². The normalized spacial score (nSPS) is 10.5. The van der Waals surface area contributed by atoms with Crippen LogP contribution in [0.25, 0.3) is 0 Å². The highest BCUT2D eigenvalue weighted by molar-refractivity contribution is 5.60. The summed E-state index contributed by atoms with van der Waals surface area (Å²) < 4.78 is 11.1. The molecule has 1 heterocycles. The zero-order valence-electron chi connectivity index (χ0n) is 11.6. The Morgan fingerprint density at radius 1 is 1.26 bits per heavy atom. The van der Waals surface area contributed by atoms with Gasteiger partial charge < -0.3 is 19.8 Å². The summed E-state index contributed by atoms with van der Waals surface area (Å²) >= 11 is 0. The number of benzene rings is 1. The van der Waals surface area contributed by atoms with Gasteiger partial charge in [-0.1, -0.05) is 0 Å². The van der Waals surface area contributed by atoms with Crippen molar-refractivity contribution >= 4 is 11.4 Å². The molecule has 1 aromatic heterocycles. The van der Waals surface area contributed by atoms with Gasteiger partial charge in [0.1, 0.15) is 17.3 Å². The van der Waals surface area contributed by atoms with Crippen molar-refractivity contribution in [2.75, 3.05) is 24.3 Å². The van der Waals surface area contributed by atoms with E-state index >= 15 is 0 Å². The first kappa shape index (κ1) is 13.3. The second-order valence-electron chi connectivity index (χ2n) is 4.56. The van der Waals surface area contributed by atoms with E-state index in [9.17, 15) is 0 Å². The van der Waals surface area contributed by atoms with E-state index in [1.165, 1.54) is 0 Å². The number of hydrogen-bond acceptors (Lipinski definition) is 4. The van der Waals surface area contributed by atoms with Gasteiger partial charge in [0.05, 0.1) is 13.2 Å². The number of hydrogen-bond donors (Lipinski definition) is 1. The molecule has 0 aliphatic heterocycles. The third kappa shape index (κ3) is 3.44. The first-order valence-electron chi connectivity index (χ1n) is 6.38. The summed E-state index contributed by atoms with van der Waals surface area (Å²) in [7, 11) is 2.00. The molecule has 0 amide bonds. The minimum atomic E-state index is 0.629. The Morgan fingerprint density at radius 2 is 2.05 bits per heavy atom. The molecule has 102 valence electrons. The van der Waals surface area contributed by atoms with Crippen LogP contribution in [0.4, 0.5) is 11.4 Å². The molecule has 4 heteroatoms. The van der Waals surface area contributed by atoms with Gasteiger partial charge >= 0.3 is 0 Å². The summed E-state index contributed by atoms with van der Waals surface area (Å²) in [6, 6.07) is 9.70. The maximum absolute atomic E-state index is 5.89. The fourth-order valence-electron chi connectivity index (χ4n) is 1.97. The Kier molecular flexibility index (Phi) is 4.00. The van der Waals surface area contributed by atoms with Gasteiger partial charge in [-0.15, -0.1) is 0 Å². The van der Waals surface area contributed by atoms with E-state index in [0.29, 0.717) is 18.8 Å². The van der Waals surface area contributed by atoms with Crippen LogP contribution in [0, 0.1) is 6.92 Å². The summed E-state index contributed by atoms with van der Waals surface area (Å²) in [4.78, 5) is 2.08. The van der Waals surface area contributed by atoms with Crippen LogP contribution in [0.1, 0.15) is 18.4 Å². The lowest BCUT2D eigenvalue weighted by Gasteiger charge is -2.19. The van der Waals surface area contributed by atoms with Crippen LogP contribution in [0.15, 0.2) is 34.7 Å². The smallest absolute Gasteiger partial charge is 0.123 e. The summed E-state index contributed by atoms with van der Waals surface area (Å²) in [5, 5.41) is 0. The number of anilines is 2. The predicted molar refractivity (Wildman–Crippen MR) is 77.6 cm³/mol. The van der Waals surface area contributed by atoms with E-state index in [-0.39, 0.29) is 0 Å². The molecule has 0 aliphatic rings. The standard InChI is InChI=1S/C15H20N2O2/c1-4-18-15-8-12(16)7-13(9-15)17(3)10-14-6-5-11(2)19-14/h5-9H,4,10,16H2,1-3H3. The number of nitrogens with zero attached hydrogens (tertiary/aromatic N) is 1. The third-order valence-electron chi connectivity index (χ3n) is 2.85. The molecule has 2 N–H and O–H groups in total. The Labute approximate surface area is 113 Å². The molecule has 0 saturated carbocycles. The number of rotatable bonds is 5. The molecule has 0 fully saturated rings. The average molecular weight is 260 g/mol. The van der Waals surface area contributed by atoms with Gasteiger partial charge in [0.15, 0.2) is 0 Å². The lowest BCUT2D eigenvalue weighted by atomic mass is 10.2. The Hall–Kier alpha value is -2.10. The number of nitrogens with two attached hydrogens (primary N) is 1. The van der Waals surface area contributed by atoms with Crippen molar-refractivity contribution in [3.05, 3.63) is 41.9 Å². The molecule has 4 nitrogen and oxygen atoms in total.